The quantitative estimate of drug-likeness (QED) is 0.695. The van der Waals surface area contributed by atoms with E-state index in [4.69, 9.17) is 5.73 Å². The Kier molecular flexibility index (Phi) is 4.32. The van der Waals surface area contributed by atoms with Crippen molar-refractivity contribution in [3.05, 3.63) is 0 Å². The third-order valence-corrected chi connectivity index (χ3v) is 3.54. The number of hydrogen-bond acceptors (Lipinski definition) is 2. The molecule has 0 aromatic heterocycles. The second-order valence-electron chi connectivity index (χ2n) is 5.67. The summed E-state index contributed by atoms with van der Waals surface area (Å²) in [5.41, 5.74) is 5.97. The van der Waals surface area contributed by atoms with Crippen LogP contribution in [-0.2, 0) is 0 Å². The van der Waals surface area contributed by atoms with E-state index in [2.05, 4.69) is 33.4 Å². The van der Waals surface area contributed by atoms with Crippen molar-refractivity contribution < 1.29 is 0 Å². The van der Waals surface area contributed by atoms with Crippen molar-refractivity contribution in [1.29, 1.82) is 0 Å². The lowest BCUT2D eigenvalue weighted by molar-refractivity contribution is 0.222. The molecule has 1 fully saturated rings. The zero-order chi connectivity index (χ0) is 10.8. The van der Waals surface area contributed by atoms with Crippen molar-refractivity contribution in [2.75, 3.05) is 0 Å². The summed E-state index contributed by atoms with van der Waals surface area (Å²) >= 11 is 4.62. The van der Waals surface area contributed by atoms with Crippen LogP contribution >= 0.6 is 12.6 Å². The van der Waals surface area contributed by atoms with Crippen molar-refractivity contribution in [1.82, 2.24) is 0 Å². The van der Waals surface area contributed by atoms with Gasteiger partial charge >= 0.3 is 0 Å². The summed E-state index contributed by atoms with van der Waals surface area (Å²) in [7, 11) is 0. The fraction of sp³-hybridized carbons (Fsp3) is 1.00. The van der Waals surface area contributed by atoms with Gasteiger partial charge in [-0.15, -0.1) is 0 Å². The van der Waals surface area contributed by atoms with Crippen molar-refractivity contribution in [3.63, 3.8) is 0 Å². The van der Waals surface area contributed by atoms with Gasteiger partial charge in [0.05, 0.1) is 0 Å². The maximum absolute atomic E-state index is 5.97. The van der Waals surface area contributed by atoms with E-state index in [0.29, 0.717) is 6.04 Å². The van der Waals surface area contributed by atoms with Crippen LogP contribution in [0.1, 0.15) is 52.9 Å². The summed E-state index contributed by atoms with van der Waals surface area (Å²) in [6.45, 7) is 6.58. The normalized spacial score (nSPS) is 31.5. The van der Waals surface area contributed by atoms with Gasteiger partial charge in [-0.3, -0.25) is 0 Å². The molecule has 3 atom stereocenters. The highest BCUT2D eigenvalue weighted by Gasteiger charge is 2.27. The van der Waals surface area contributed by atoms with Gasteiger partial charge in [0.15, 0.2) is 0 Å². The van der Waals surface area contributed by atoms with Crippen LogP contribution in [0.2, 0.25) is 0 Å². The minimum Gasteiger partial charge on any atom is -0.328 e. The van der Waals surface area contributed by atoms with Crippen molar-refractivity contribution in [3.8, 4) is 0 Å². The van der Waals surface area contributed by atoms with Crippen LogP contribution in [0.4, 0.5) is 0 Å². The van der Waals surface area contributed by atoms with Gasteiger partial charge in [-0.25, -0.2) is 0 Å². The van der Waals surface area contributed by atoms with Crippen molar-refractivity contribution in [2.45, 2.75) is 63.7 Å². The average molecular weight is 215 g/mol. The molecule has 1 rings (SSSR count). The Hall–Kier alpha value is 0.310. The zero-order valence-corrected chi connectivity index (χ0v) is 10.7. The number of rotatable bonds is 3. The van der Waals surface area contributed by atoms with E-state index in [0.717, 1.165) is 11.8 Å². The molecule has 0 amide bonds. The second kappa shape index (κ2) is 4.89. The summed E-state index contributed by atoms with van der Waals surface area (Å²) < 4.78 is 0.185. The van der Waals surface area contributed by atoms with Crippen LogP contribution in [0.5, 0.6) is 0 Å². The van der Waals surface area contributed by atoms with Crippen LogP contribution in [0.3, 0.4) is 0 Å². The highest BCUT2D eigenvalue weighted by molar-refractivity contribution is 7.81. The van der Waals surface area contributed by atoms with Gasteiger partial charge in [-0.05, 0) is 38.0 Å². The summed E-state index contributed by atoms with van der Waals surface area (Å²) in [5, 5.41) is 0. The van der Waals surface area contributed by atoms with Gasteiger partial charge in [-0.1, -0.05) is 26.7 Å². The van der Waals surface area contributed by atoms with Crippen LogP contribution < -0.4 is 5.73 Å². The molecule has 0 aliphatic heterocycles. The highest BCUT2D eigenvalue weighted by Crippen LogP contribution is 2.36. The monoisotopic (exact) mass is 215 g/mol. The van der Waals surface area contributed by atoms with E-state index in [1.54, 1.807) is 0 Å². The van der Waals surface area contributed by atoms with Crippen molar-refractivity contribution >= 4 is 12.6 Å². The Bertz CT molecular complexity index is 172. The molecule has 1 aliphatic carbocycles. The zero-order valence-electron chi connectivity index (χ0n) is 9.79. The third kappa shape index (κ3) is 4.22. The number of hydrogen-bond donors (Lipinski definition) is 2. The average Bonchev–Trinajstić information content (AvgIpc) is 2.01. The standard InChI is InChI=1S/C12H25NS/c1-9(13)11-6-4-5-10(7-11)8-12(2,3)14/h9-11,14H,4-8,13H2,1-3H3/t9-,10?,11?/m0/s1. The lowest BCUT2D eigenvalue weighted by atomic mass is 9.75. The van der Waals surface area contributed by atoms with Gasteiger partial charge in [0.25, 0.3) is 0 Å². The maximum Gasteiger partial charge on any atom is 0.00758 e. The maximum atomic E-state index is 5.97. The molecule has 0 aromatic carbocycles. The van der Waals surface area contributed by atoms with Crippen molar-refractivity contribution in [2.24, 2.45) is 17.6 Å². The largest absolute Gasteiger partial charge is 0.328 e. The van der Waals surface area contributed by atoms with Gasteiger partial charge in [0, 0.05) is 10.8 Å². The van der Waals surface area contributed by atoms with Crippen LogP contribution in [0.15, 0.2) is 0 Å². The molecule has 0 saturated heterocycles. The molecule has 0 aromatic rings. The second-order valence-corrected chi connectivity index (χ2v) is 6.88. The highest BCUT2D eigenvalue weighted by atomic mass is 32.1. The fourth-order valence-corrected chi connectivity index (χ4v) is 2.96. The molecule has 0 spiro atoms. The molecule has 2 N–H and O–H groups in total. The van der Waals surface area contributed by atoms with E-state index < -0.39 is 0 Å². The molecule has 2 heteroatoms. The molecule has 1 nitrogen and oxygen atoms in total. The molecule has 84 valence electrons. The Morgan fingerprint density at radius 2 is 2.07 bits per heavy atom. The third-order valence-electron chi connectivity index (χ3n) is 3.36. The number of thiol groups is 1. The van der Waals surface area contributed by atoms with E-state index in [-0.39, 0.29) is 4.75 Å². The molecule has 14 heavy (non-hydrogen) atoms. The van der Waals surface area contributed by atoms with Gasteiger partial charge in [0.1, 0.15) is 0 Å². The Balaban J connectivity index is 2.40. The summed E-state index contributed by atoms with van der Waals surface area (Å²) in [6.07, 6.45) is 6.64. The predicted octanol–water partition coefficient (Wildman–Crippen LogP) is 3.24. The van der Waals surface area contributed by atoms with E-state index in [9.17, 15) is 0 Å². The summed E-state index contributed by atoms with van der Waals surface area (Å²) in [5.74, 6) is 1.61. The van der Waals surface area contributed by atoms with E-state index in [1.165, 1.54) is 32.1 Å². The smallest absolute Gasteiger partial charge is 0.00758 e. The minimum absolute atomic E-state index is 0.185. The first-order valence-electron chi connectivity index (χ1n) is 5.86. The van der Waals surface area contributed by atoms with Gasteiger partial charge < -0.3 is 5.73 Å². The lowest BCUT2D eigenvalue weighted by Crippen LogP contribution is -2.32. The van der Waals surface area contributed by atoms with Crippen LogP contribution in [-0.4, -0.2) is 10.8 Å². The minimum atomic E-state index is 0.185. The Morgan fingerprint density at radius 3 is 2.57 bits per heavy atom. The first-order valence-corrected chi connectivity index (χ1v) is 6.31. The van der Waals surface area contributed by atoms with Gasteiger partial charge in [-0.2, -0.15) is 12.6 Å². The SMILES string of the molecule is C[C@H](N)C1CCCC(CC(C)(C)S)C1. The number of nitrogens with two attached hydrogens (primary N) is 1. The molecule has 0 heterocycles. The predicted molar refractivity (Wildman–Crippen MR) is 66.8 cm³/mol. The van der Waals surface area contributed by atoms with Gasteiger partial charge in [0.2, 0.25) is 0 Å². The fourth-order valence-electron chi connectivity index (χ4n) is 2.70. The summed E-state index contributed by atoms with van der Waals surface area (Å²) in [6, 6.07) is 0.376. The Labute approximate surface area is 94.2 Å². The lowest BCUT2D eigenvalue weighted by Gasteiger charge is -2.34. The first kappa shape index (κ1) is 12.4. The molecule has 1 saturated carbocycles. The van der Waals surface area contributed by atoms with Crippen LogP contribution in [0, 0.1) is 11.8 Å². The first-order chi connectivity index (χ1) is 6.38. The van der Waals surface area contributed by atoms with E-state index >= 15 is 0 Å². The Morgan fingerprint density at radius 1 is 1.43 bits per heavy atom. The van der Waals surface area contributed by atoms with Crippen LogP contribution in [0.25, 0.3) is 0 Å². The molecular formula is C12H25NS. The summed E-state index contributed by atoms with van der Waals surface area (Å²) in [4.78, 5) is 0. The molecule has 2 unspecified atom stereocenters. The molecule has 0 bridgehead atoms. The molecule has 0 radical (unpaired) electrons. The van der Waals surface area contributed by atoms with E-state index in [1.807, 2.05) is 0 Å². The topological polar surface area (TPSA) is 26.0 Å². The molecular weight excluding hydrogens is 190 g/mol. The molecule has 1 aliphatic rings.